The van der Waals surface area contributed by atoms with Crippen LogP contribution >= 0.6 is 0 Å². The second-order valence-electron chi connectivity index (χ2n) is 4.81. The predicted octanol–water partition coefficient (Wildman–Crippen LogP) is 2.09. The van der Waals surface area contributed by atoms with Crippen LogP contribution in [-0.2, 0) is 11.4 Å². The fourth-order valence-corrected chi connectivity index (χ4v) is 1.84. The van der Waals surface area contributed by atoms with E-state index in [1.807, 2.05) is 55.5 Å². The van der Waals surface area contributed by atoms with E-state index in [9.17, 15) is 0 Å². The molecule has 6 nitrogen and oxygen atoms in total. The van der Waals surface area contributed by atoms with Crippen LogP contribution in [0.5, 0.6) is 0 Å². The molecule has 22 heavy (non-hydrogen) atoms. The number of aromatic nitrogens is 1. The number of nitrogens with one attached hydrogen (secondary N) is 1. The van der Waals surface area contributed by atoms with Crippen molar-refractivity contribution in [2.75, 3.05) is 7.05 Å². The van der Waals surface area contributed by atoms with Gasteiger partial charge < -0.3 is 4.84 Å². The lowest BCUT2D eigenvalue weighted by Crippen LogP contribution is -2.38. The zero-order valence-electron chi connectivity index (χ0n) is 12.7. The fourth-order valence-electron chi connectivity index (χ4n) is 1.84. The molecule has 0 spiro atoms. The molecule has 1 aromatic heterocycles. The van der Waals surface area contributed by atoms with E-state index in [-0.39, 0.29) is 12.4 Å². The highest BCUT2D eigenvalue weighted by Gasteiger charge is 2.13. The van der Waals surface area contributed by atoms with E-state index in [1.54, 1.807) is 7.05 Å². The molecule has 114 valence electrons. The molecule has 2 rings (SSSR count). The average molecular weight is 297 g/mol. The van der Waals surface area contributed by atoms with Gasteiger partial charge in [-0.2, -0.15) is 0 Å². The highest BCUT2D eigenvalue weighted by molar-refractivity contribution is 6.46. The molecule has 0 aliphatic rings. The van der Waals surface area contributed by atoms with E-state index in [0.717, 1.165) is 17.0 Å². The minimum absolute atomic E-state index is 0.0726. The highest BCUT2D eigenvalue weighted by atomic mass is 16.6. The monoisotopic (exact) mass is 297 g/mol. The maximum absolute atomic E-state index is 8.03. The Bertz CT molecular complexity index is 667. The first-order chi connectivity index (χ1) is 10.6. The van der Waals surface area contributed by atoms with Gasteiger partial charge in [-0.05, 0) is 19.1 Å². The molecule has 3 N–H and O–H groups in total. The number of hydrogen-bond donors (Lipinski definition) is 2. The van der Waals surface area contributed by atoms with Gasteiger partial charge in [0.05, 0.1) is 5.69 Å². The van der Waals surface area contributed by atoms with Crippen molar-refractivity contribution in [1.82, 2.24) is 9.99 Å². The normalized spacial score (nSPS) is 11.1. The average Bonchev–Trinajstić information content (AvgIpc) is 2.52. The second-order valence-corrected chi connectivity index (χ2v) is 4.81. The van der Waals surface area contributed by atoms with Gasteiger partial charge in [0.25, 0.3) is 0 Å². The second kappa shape index (κ2) is 7.33. The smallest absolute Gasteiger partial charge is 0.165 e. The zero-order valence-corrected chi connectivity index (χ0v) is 12.7. The van der Waals surface area contributed by atoms with Crippen molar-refractivity contribution in [3.05, 3.63) is 65.5 Å². The van der Waals surface area contributed by atoms with Gasteiger partial charge in [0.15, 0.2) is 18.2 Å². The first kappa shape index (κ1) is 15.7. The molecule has 0 amide bonds. The van der Waals surface area contributed by atoms with Gasteiger partial charge in [-0.3, -0.25) is 15.4 Å². The van der Waals surface area contributed by atoms with E-state index >= 15 is 0 Å². The molecular formula is C16H19N5O. The molecule has 0 atom stereocenters. The molecule has 0 saturated heterocycles. The Morgan fingerprint density at radius 1 is 1.23 bits per heavy atom. The van der Waals surface area contributed by atoms with Gasteiger partial charge in [-0.1, -0.05) is 41.6 Å². The molecule has 0 fully saturated rings. The summed E-state index contributed by atoms with van der Waals surface area (Å²) in [4.78, 5) is 9.70. The van der Waals surface area contributed by atoms with Gasteiger partial charge in [-0.15, -0.1) is 0 Å². The molecule has 2 aromatic rings. The van der Waals surface area contributed by atoms with Crippen molar-refractivity contribution in [1.29, 1.82) is 5.41 Å². The SMILES string of the molecule is Cc1cccc(CO/N=C(\C(=N)N(C)N)c2ccccc2)n1. The summed E-state index contributed by atoms with van der Waals surface area (Å²) in [5.41, 5.74) is 2.84. The van der Waals surface area contributed by atoms with Crippen LogP contribution < -0.4 is 5.84 Å². The van der Waals surface area contributed by atoms with Crippen LogP contribution in [0.2, 0.25) is 0 Å². The number of hydrogen-bond acceptors (Lipinski definition) is 5. The Labute approximate surface area is 129 Å². The van der Waals surface area contributed by atoms with Crippen LogP contribution in [0.4, 0.5) is 0 Å². The van der Waals surface area contributed by atoms with Gasteiger partial charge >= 0.3 is 0 Å². The van der Waals surface area contributed by atoms with Gasteiger partial charge in [0, 0.05) is 18.3 Å². The number of hydrazine groups is 1. The number of aryl methyl sites for hydroxylation is 1. The number of likely N-dealkylation sites (N-methyl/N-ethyl adjacent to an activating group) is 1. The van der Waals surface area contributed by atoms with Crippen LogP contribution in [0, 0.1) is 12.3 Å². The number of nitrogens with zero attached hydrogens (tertiary/aromatic N) is 3. The first-order valence-electron chi connectivity index (χ1n) is 6.83. The third-order valence-electron chi connectivity index (χ3n) is 2.94. The molecule has 0 radical (unpaired) electrons. The first-order valence-corrected chi connectivity index (χ1v) is 6.83. The van der Waals surface area contributed by atoms with Gasteiger partial charge in [0.2, 0.25) is 0 Å². The fraction of sp³-hybridized carbons (Fsp3) is 0.188. The lowest BCUT2D eigenvalue weighted by molar-refractivity contribution is 0.128. The predicted molar refractivity (Wildman–Crippen MR) is 86.4 cm³/mol. The third-order valence-corrected chi connectivity index (χ3v) is 2.94. The summed E-state index contributed by atoms with van der Waals surface area (Å²) >= 11 is 0. The van der Waals surface area contributed by atoms with Crippen molar-refractivity contribution in [3.8, 4) is 0 Å². The van der Waals surface area contributed by atoms with Crippen LogP contribution in [0.15, 0.2) is 53.7 Å². The van der Waals surface area contributed by atoms with Crippen LogP contribution in [0.25, 0.3) is 0 Å². The van der Waals surface area contributed by atoms with E-state index < -0.39 is 0 Å². The highest BCUT2D eigenvalue weighted by Crippen LogP contribution is 2.06. The van der Waals surface area contributed by atoms with Crippen LogP contribution in [-0.4, -0.2) is 28.6 Å². The number of oxime groups is 1. The number of pyridine rings is 1. The van der Waals surface area contributed by atoms with Crippen LogP contribution in [0.1, 0.15) is 17.0 Å². The van der Waals surface area contributed by atoms with E-state index in [4.69, 9.17) is 16.1 Å². The van der Waals surface area contributed by atoms with Crippen molar-refractivity contribution >= 4 is 11.5 Å². The molecular weight excluding hydrogens is 278 g/mol. The Morgan fingerprint density at radius 2 is 1.95 bits per heavy atom. The van der Waals surface area contributed by atoms with E-state index in [1.165, 1.54) is 5.01 Å². The van der Waals surface area contributed by atoms with Gasteiger partial charge in [0.1, 0.15) is 0 Å². The zero-order chi connectivity index (χ0) is 15.9. The van der Waals surface area contributed by atoms with Crippen molar-refractivity contribution < 1.29 is 4.84 Å². The Morgan fingerprint density at radius 3 is 2.59 bits per heavy atom. The number of benzene rings is 1. The summed E-state index contributed by atoms with van der Waals surface area (Å²) in [6, 6.07) is 15.0. The van der Waals surface area contributed by atoms with Crippen molar-refractivity contribution in [3.63, 3.8) is 0 Å². The van der Waals surface area contributed by atoms with Gasteiger partial charge in [-0.25, -0.2) is 5.84 Å². The quantitative estimate of drug-likeness (QED) is 0.383. The topological polar surface area (TPSA) is 87.6 Å². The summed E-state index contributed by atoms with van der Waals surface area (Å²) in [6.07, 6.45) is 0. The summed E-state index contributed by atoms with van der Waals surface area (Å²) in [7, 11) is 1.59. The van der Waals surface area contributed by atoms with Crippen LogP contribution in [0.3, 0.4) is 0 Å². The summed E-state index contributed by atoms with van der Waals surface area (Å²) in [5.74, 6) is 5.71. The molecule has 6 heteroatoms. The summed E-state index contributed by atoms with van der Waals surface area (Å²) in [5, 5.41) is 13.3. The van der Waals surface area contributed by atoms with Crippen molar-refractivity contribution in [2.45, 2.75) is 13.5 Å². The molecule has 0 saturated carbocycles. The van der Waals surface area contributed by atoms with Crippen molar-refractivity contribution in [2.24, 2.45) is 11.0 Å². The Hall–Kier alpha value is -2.73. The molecule has 1 heterocycles. The minimum atomic E-state index is 0.0726. The number of amidine groups is 1. The Kier molecular flexibility index (Phi) is 5.21. The minimum Gasteiger partial charge on any atom is -0.389 e. The third kappa shape index (κ3) is 4.13. The molecule has 0 bridgehead atoms. The molecule has 0 unspecified atom stereocenters. The largest absolute Gasteiger partial charge is 0.389 e. The lowest BCUT2D eigenvalue weighted by Gasteiger charge is -2.15. The standard InChI is InChI=1S/C16H19N5O/c1-12-7-6-10-14(19-12)11-22-20-15(16(17)21(2)18)13-8-4-3-5-9-13/h3-10,17H,11,18H2,1-2H3/b17-16?,20-15-. The summed E-state index contributed by atoms with van der Waals surface area (Å²) in [6.45, 7) is 2.15. The molecule has 0 aliphatic heterocycles. The molecule has 1 aromatic carbocycles. The number of nitrogens with two attached hydrogens (primary N) is 1. The van der Waals surface area contributed by atoms with E-state index in [2.05, 4.69) is 10.1 Å². The maximum atomic E-state index is 8.03. The molecule has 0 aliphatic carbocycles. The number of rotatable bonds is 5. The maximum Gasteiger partial charge on any atom is 0.165 e. The Balaban J connectivity index is 2.17. The van der Waals surface area contributed by atoms with E-state index in [0.29, 0.717) is 5.71 Å². The lowest BCUT2D eigenvalue weighted by atomic mass is 10.1. The summed E-state index contributed by atoms with van der Waals surface area (Å²) < 4.78 is 0.